The Bertz CT molecular complexity index is 696. The smallest absolute Gasteiger partial charge is 0.129 e. The molecule has 3 heteroatoms. The van der Waals surface area contributed by atoms with Gasteiger partial charge in [-0.1, -0.05) is 77.1 Å². The van der Waals surface area contributed by atoms with Crippen LogP contribution in [0.5, 0.6) is 5.75 Å². The number of aromatic hydroxyl groups is 1. The Kier molecular flexibility index (Phi) is 5.87. The maximum Gasteiger partial charge on any atom is 0.129 e. The van der Waals surface area contributed by atoms with Crippen molar-refractivity contribution in [3.05, 3.63) is 53.6 Å². The molecule has 1 nitrogen and oxygen atoms in total. The van der Waals surface area contributed by atoms with E-state index < -0.39 is 9.52 Å². The first-order valence-electron chi connectivity index (χ1n) is 8.64. The fourth-order valence-electron chi connectivity index (χ4n) is 3.17. The fraction of sp³-hybridized carbons (Fsp3) is 0.429. The van der Waals surface area contributed by atoms with Gasteiger partial charge in [0.1, 0.15) is 5.75 Å². The van der Waals surface area contributed by atoms with E-state index in [0.717, 1.165) is 10.3 Å². The lowest BCUT2D eigenvalue weighted by Gasteiger charge is -2.32. The van der Waals surface area contributed by atoms with Crippen molar-refractivity contribution in [3.8, 4) is 5.75 Å². The van der Waals surface area contributed by atoms with Gasteiger partial charge < -0.3 is 5.11 Å². The standard InChI is InChI=1S/C21H30OSSi/c1-20(2,3)15-10-9-13-18(19(15)21(4,5)6)24-14-23-17-12-8-7-11-16(17)22/h7-13,22H,14,24H2,1-6H3. The summed E-state index contributed by atoms with van der Waals surface area (Å²) in [6.45, 7) is 13.9. The summed E-state index contributed by atoms with van der Waals surface area (Å²) < 4.78 is 0. The largest absolute Gasteiger partial charge is 0.507 e. The molecule has 0 fully saturated rings. The number of hydrogen-bond acceptors (Lipinski definition) is 2. The Morgan fingerprint density at radius 2 is 1.54 bits per heavy atom. The third-order valence-electron chi connectivity index (χ3n) is 4.20. The second kappa shape index (κ2) is 7.36. The fourth-order valence-corrected chi connectivity index (χ4v) is 7.00. The van der Waals surface area contributed by atoms with Gasteiger partial charge in [-0.2, -0.15) is 0 Å². The van der Waals surface area contributed by atoms with Crippen LogP contribution < -0.4 is 5.19 Å². The van der Waals surface area contributed by atoms with Crippen molar-refractivity contribution in [1.82, 2.24) is 0 Å². The molecule has 130 valence electrons. The van der Waals surface area contributed by atoms with Gasteiger partial charge >= 0.3 is 0 Å². The van der Waals surface area contributed by atoms with Crippen molar-refractivity contribution in [2.75, 3.05) is 5.38 Å². The first-order chi connectivity index (χ1) is 11.1. The van der Waals surface area contributed by atoms with Crippen molar-refractivity contribution in [1.29, 1.82) is 0 Å². The Balaban J connectivity index is 2.26. The van der Waals surface area contributed by atoms with Crippen molar-refractivity contribution < 1.29 is 5.11 Å². The van der Waals surface area contributed by atoms with Gasteiger partial charge in [-0.25, -0.2) is 0 Å². The summed E-state index contributed by atoms with van der Waals surface area (Å²) in [5, 5.41) is 12.6. The molecule has 0 radical (unpaired) electrons. The van der Waals surface area contributed by atoms with Gasteiger partial charge in [0.2, 0.25) is 0 Å². The summed E-state index contributed by atoms with van der Waals surface area (Å²) in [4.78, 5) is 0.995. The van der Waals surface area contributed by atoms with Gasteiger partial charge in [0.15, 0.2) is 0 Å². The van der Waals surface area contributed by atoms with Gasteiger partial charge in [0.05, 0.1) is 9.52 Å². The van der Waals surface area contributed by atoms with Crippen LogP contribution in [0, 0.1) is 0 Å². The summed E-state index contributed by atoms with van der Waals surface area (Å²) in [6, 6.07) is 14.5. The topological polar surface area (TPSA) is 20.2 Å². The zero-order valence-corrected chi connectivity index (χ0v) is 18.0. The SMILES string of the molecule is CC(C)(C)c1cccc([SiH2]CSc2ccccc2O)c1C(C)(C)C. The maximum atomic E-state index is 9.94. The molecule has 0 bridgehead atoms. The van der Waals surface area contributed by atoms with E-state index in [9.17, 15) is 5.11 Å². The highest BCUT2D eigenvalue weighted by atomic mass is 32.2. The van der Waals surface area contributed by atoms with Crippen LogP contribution in [0.1, 0.15) is 52.7 Å². The summed E-state index contributed by atoms with van der Waals surface area (Å²) in [7, 11) is -0.407. The molecular weight excluding hydrogens is 328 g/mol. The molecule has 0 amide bonds. The number of hydrogen-bond donors (Lipinski definition) is 1. The highest BCUT2D eigenvalue weighted by Crippen LogP contribution is 2.33. The van der Waals surface area contributed by atoms with Gasteiger partial charge in [0, 0.05) is 4.90 Å². The van der Waals surface area contributed by atoms with E-state index in [1.54, 1.807) is 28.6 Å². The molecule has 0 aromatic heterocycles. The number of rotatable bonds is 4. The third-order valence-corrected chi connectivity index (χ3v) is 7.62. The average Bonchev–Trinajstić information content (AvgIpc) is 2.47. The van der Waals surface area contributed by atoms with Gasteiger partial charge in [-0.05, 0) is 39.5 Å². The maximum absolute atomic E-state index is 9.94. The minimum atomic E-state index is -0.407. The van der Waals surface area contributed by atoms with E-state index in [-0.39, 0.29) is 10.8 Å². The van der Waals surface area contributed by atoms with Crippen LogP contribution in [-0.4, -0.2) is 20.0 Å². The molecule has 0 aliphatic carbocycles. The van der Waals surface area contributed by atoms with Crippen molar-refractivity contribution in [2.24, 2.45) is 0 Å². The zero-order valence-electron chi connectivity index (χ0n) is 15.8. The second-order valence-electron chi connectivity index (χ2n) is 8.41. The molecule has 2 rings (SSSR count). The minimum absolute atomic E-state index is 0.158. The van der Waals surface area contributed by atoms with Gasteiger partial charge in [-0.15, -0.1) is 11.8 Å². The van der Waals surface area contributed by atoms with Crippen LogP contribution in [0.25, 0.3) is 0 Å². The molecule has 2 aromatic rings. The Hall–Kier alpha value is -1.19. The highest BCUT2D eigenvalue weighted by molar-refractivity contribution is 8.00. The monoisotopic (exact) mass is 358 g/mol. The molecule has 24 heavy (non-hydrogen) atoms. The highest BCUT2D eigenvalue weighted by Gasteiger charge is 2.27. The summed E-state index contributed by atoms with van der Waals surface area (Å²) in [5.41, 5.74) is 3.35. The number of benzene rings is 2. The number of para-hydroxylation sites is 1. The lowest BCUT2D eigenvalue weighted by Crippen LogP contribution is -2.33. The van der Waals surface area contributed by atoms with E-state index in [1.807, 2.05) is 18.2 Å². The first-order valence-corrected chi connectivity index (χ1v) is 11.3. The molecule has 0 atom stereocenters. The van der Waals surface area contributed by atoms with E-state index in [0.29, 0.717) is 5.75 Å². The molecule has 0 unspecified atom stereocenters. The minimum Gasteiger partial charge on any atom is -0.507 e. The predicted molar refractivity (Wildman–Crippen MR) is 111 cm³/mol. The zero-order chi connectivity index (χ0) is 18.0. The third kappa shape index (κ3) is 4.67. The normalized spacial score (nSPS) is 12.9. The second-order valence-corrected chi connectivity index (χ2v) is 12.0. The molecule has 1 N–H and O–H groups in total. The Labute approximate surface area is 153 Å². The Morgan fingerprint density at radius 1 is 0.875 bits per heavy atom. The van der Waals surface area contributed by atoms with Crippen molar-refractivity contribution in [3.63, 3.8) is 0 Å². The molecule has 0 aliphatic heterocycles. The summed E-state index contributed by atoms with van der Waals surface area (Å²) >= 11 is 1.79. The van der Waals surface area contributed by atoms with Crippen LogP contribution >= 0.6 is 11.8 Å². The predicted octanol–water partition coefficient (Wildman–Crippen LogP) is 4.53. The number of thioether (sulfide) groups is 1. The average molecular weight is 359 g/mol. The van der Waals surface area contributed by atoms with Crippen LogP contribution in [0.4, 0.5) is 0 Å². The van der Waals surface area contributed by atoms with Gasteiger partial charge in [0.25, 0.3) is 0 Å². The quantitative estimate of drug-likeness (QED) is 0.640. The first kappa shape index (κ1) is 19.1. The lowest BCUT2D eigenvalue weighted by atomic mass is 9.75. The molecule has 0 aliphatic rings. The van der Waals surface area contributed by atoms with Crippen LogP contribution in [0.2, 0.25) is 0 Å². The van der Waals surface area contributed by atoms with E-state index in [4.69, 9.17) is 0 Å². The molecule has 0 saturated heterocycles. The van der Waals surface area contributed by atoms with Crippen LogP contribution in [-0.2, 0) is 10.8 Å². The molecular formula is C21H30OSSi. The number of phenolic OH excluding ortho intramolecular Hbond substituents is 1. The van der Waals surface area contributed by atoms with Crippen LogP contribution in [0.3, 0.4) is 0 Å². The summed E-state index contributed by atoms with van der Waals surface area (Å²) in [6.07, 6.45) is 0. The van der Waals surface area contributed by atoms with E-state index in [2.05, 4.69) is 59.7 Å². The number of phenols is 1. The molecule has 2 aromatic carbocycles. The van der Waals surface area contributed by atoms with E-state index in [1.165, 1.54) is 5.56 Å². The molecule has 0 spiro atoms. The van der Waals surface area contributed by atoms with Crippen molar-refractivity contribution in [2.45, 2.75) is 57.3 Å². The molecule has 0 heterocycles. The Morgan fingerprint density at radius 3 is 2.12 bits per heavy atom. The lowest BCUT2D eigenvalue weighted by molar-refractivity contribution is 0.462. The van der Waals surface area contributed by atoms with E-state index >= 15 is 0 Å². The van der Waals surface area contributed by atoms with Gasteiger partial charge in [-0.3, -0.25) is 0 Å². The molecule has 0 saturated carbocycles. The van der Waals surface area contributed by atoms with Crippen LogP contribution in [0.15, 0.2) is 47.4 Å². The summed E-state index contributed by atoms with van der Waals surface area (Å²) in [5.74, 6) is 0.399. The van der Waals surface area contributed by atoms with Crippen molar-refractivity contribution >= 4 is 26.5 Å².